The molecule has 0 aliphatic heterocycles. The van der Waals surface area contributed by atoms with E-state index in [1.165, 1.54) is 34.4 Å². The molecule has 40 heavy (non-hydrogen) atoms. The molecule has 2 aliphatic rings. The van der Waals surface area contributed by atoms with Crippen LogP contribution in [-0.2, 0) is 17.3 Å². The third-order valence-corrected chi connectivity index (χ3v) is 13.9. The molecule has 2 aliphatic carbocycles. The number of benzene rings is 1. The Bertz CT molecular complexity index is 1230. The van der Waals surface area contributed by atoms with Gasteiger partial charge in [0.15, 0.2) is 8.32 Å². The molecule has 2 aromatic rings. The Kier molecular flexibility index (Phi) is 8.96. The number of aromatic nitrogens is 1. The van der Waals surface area contributed by atoms with Gasteiger partial charge in [-0.05, 0) is 96.2 Å². The summed E-state index contributed by atoms with van der Waals surface area (Å²) in [6, 6.07) is 8.65. The number of hydrogen-bond donors (Lipinski definition) is 1. The van der Waals surface area contributed by atoms with Gasteiger partial charge >= 0.3 is 0 Å². The Morgan fingerprint density at radius 3 is 2.25 bits per heavy atom. The minimum absolute atomic E-state index is 0.00998. The second-order valence-corrected chi connectivity index (χ2v) is 20.3. The van der Waals surface area contributed by atoms with Crippen molar-refractivity contribution in [2.75, 3.05) is 0 Å². The molecule has 4 heteroatoms. The second-order valence-electron chi connectivity index (χ2n) is 15.6. The first kappa shape index (κ1) is 31.2. The Morgan fingerprint density at radius 1 is 1.07 bits per heavy atom. The molecule has 0 saturated heterocycles. The molecule has 220 valence electrons. The number of pyridine rings is 1. The average molecular weight is 562 g/mol. The van der Waals surface area contributed by atoms with Gasteiger partial charge in [-0.25, -0.2) is 0 Å². The highest BCUT2D eigenvalue weighted by atomic mass is 28.4. The summed E-state index contributed by atoms with van der Waals surface area (Å²) in [6.45, 7) is 25.4. The fraction of sp³-hybridized carbons (Fsp3) is 0.639. The standard InChI is InChI=1S/C36H55NO2Si/c1-23(2)20-25-16-18-27(19-17-25)34(38)32-30(26-14-12-13-15-26)31-28(37-33(32)24(3)4)21-36(8,9)22-29(31)39-40(10,11)35(5,6)7/h14,16-19,23-24,29,34,38H,12-13,15,20-22H2,1-11H3/t29-,34+/m0/s1. The lowest BCUT2D eigenvalue weighted by molar-refractivity contribution is 0.105. The molecule has 2 atom stereocenters. The van der Waals surface area contributed by atoms with E-state index in [9.17, 15) is 5.11 Å². The lowest BCUT2D eigenvalue weighted by atomic mass is 9.71. The molecule has 0 bridgehead atoms. The average Bonchev–Trinajstić information content (AvgIpc) is 3.35. The van der Waals surface area contributed by atoms with Crippen molar-refractivity contribution in [1.82, 2.24) is 4.98 Å². The predicted octanol–water partition coefficient (Wildman–Crippen LogP) is 10.1. The summed E-state index contributed by atoms with van der Waals surface area (Å²) in [5.74, 6) is 0.817. The van der Waals surface area contributed by atoms with Gasteiger partial charge in [-0.3, -0.25) is 4.98 Å². The first-order valence-corrected chi connectivity index (χ1v) is 18.6. The van der Waals surface area contributed by atoms with Crippen molar-refractivity contribution in [2.24, 2.45) is 11.3 Å². The molecule has 3 nitrogen and oxygen atoms in total. The monoisotopic (exact) mass is 561 g/mol. The van der Waals surface area contributed by atoms with E-state index in [4.69, 9.17) is 9.41 Å². The quantitative estimate of drug-likeness (QED) is 0.326. The molecule has 0 amide bonds. The number of allylic oxidation sites excluding steroid dienone is 2. The fourth-order valence-electron chi connectivity index (χ4n) is 6.36. The van der Waals surface area contributed by atoms with E-state index < -0.39 is 14.4 Å². The highest BCUT2D eigenvalue weighted by Crippen LogP contribution is 2.52. The summed E-state index contributed by atoms with van der Waals surface area (Å²) in [5.41, 5.74) is 9.54. The third kappa shape index (κ3) is 6.50. The zero-order valence-corrected chi connectivity index (χ0v) is 28.2. The number of rotatable bonds is 8. The highest BCUT2D eigenvalue weighted by Gasteiger charge is 2.45. The highest BCUT2D eigenvalue weighted by molar-refractivity contribution is 6.74. The van der Waals surface area contributed by atoms with Crippen LogP contribution in [0.15, 0.2) is 30.3 Å². The summed E-state index contributed by atoms with van der Waals surface area (Å²) < 4.78 is 7.29. The number of fused-ring (bicyclic) bond motifs is 1. The van der Waals surface area contributed by atoms with Crippen LogP contribution in [0.4, 0.5) is 0 Å². The Morgan fingerprint density at radius 2 is 1.73 bits per heavy atom. The number of nitrogens with zero attached hydrogens (tertiary/aromatic N) is 1. The topological polar surface area (TPSA) is 42.4 Å². The molecule has 0 spiro atoms. The lowest BCUT2D eigenvalue weighted by Gasteiger charge is -2.45. The van der Waals surface area contributed by atoms with Gasteiger partial charge in [-0.15, -0.1) is 0 Å². The first-order valence-electron chi connectivity index (χ1n) is 15.7. The summed E-state index contributed by atoms with van der Waals surface area (Å²) in [6.07, 6.45) is 7.99. The van der Waals surface area contributed by atoms with Crippen molar-refractivity contribution in [1.29, 1.82) is 0 Å². The van der Waals surface area contributed by atoms with Gasteiger partial charge in [0.2, 0.25) is 0 Å². The molecule has 1 aromatic heterocycles. The molecule has 1 N–H and O–H groups in total. The van der Waals surface area contributed by atoms with Crippen molar-refractivity contribution in [2.45, 2.75) is 137 Å². The Labute approximate surface area is 246 Å². The van der Waals surface area contributed by atoms with Crippen LogP contribution in [0.3, 0.4) is 0 Å². The van der Waals surface area contributed by atoms with E-state index in [0.717, 1.165) is 48.9 Å². The molecule has 0 saturated carbocycles. The molecule has 0 radical (unpaired) electrons. The summed E-state index contributed by atoms with van der Waals surface area (Å²) in [7, 11) is -2.06. The summed E-state index contributed by atoms with van der Waals surface area (Å²) >= 11 is 0. The zero-order chi connectivity index (χ0) is 29.6. The third-order valence-electron chi connectivity index (χ3n) is 9.45. The molecule has 1 heterocycles. The van der Waals surface area contributed by atoms with Crippen LogP contribution in [0.2, 0.25) is 18.1 Å². The molecule has 0 unspecified atom stereocenters. The lowest BCUT2D eigenvalue weighted by Crippen LogP contribution is -2.44. The Hall–Kier alpha value is -1.75. The number of aliphatic hydroxyl groups is 1. The molecular weight excluding hydrogens is 506 g/mol. The van der Waals surface area contributed by atoms with Gasteiger partial charge in [-0.2, -0.15) is 0 Å². The van der Waals surface area contributed by atoms with Gasteiger partial charge in [0.25, 0.3) is 0 Å². The molecular formula is C36H55NO2Si. The van der Waals surface area contributed by atoms with Gasteiger partial charge in [0.05, 0.1) is 6.10 Å². The van der Waals surface area contributed by atoms with Gasteiger partial charge in [-0.1, -0.05) is 92.7 Å². The zero-order valence-electron chi connectivity index (χ0n) is 27.2. The molecule has 4 rings (SSSR count). The first-order chi connectivity index (χ1) is 18.5. The van der Waals surface area contributed by atoms with Crippen molar-refractivity contribution in [3.8, 4) is 0 Å². The smallest absolute Gasteiger partial charge is 0.192 e. The SMILES string of the molecule is CC(C)Cc1ccc([C@@H](O)c2c(C(C)C)nc3c(c2C2=CCCC2)[C@@H](O[Si](C)(C)C(C)(C)C)CC(C)(C)C3)cc1. The maximum atomic E-state index is 12.2. The minimum Gasteiger partial charge on any atom is -0.410 e. The summed E-state index contributed by atoms with van der Waals surface area (Å²) in [5, 5.41) is 12.3. The van der Waals surface area contributed by atoms with Gasteiger partial charge in [0, 0.05) is 22.5 Å². The van der Waals surface area contributed by atoms with E-state index in [1.54, 1.807) is 0 Å². The molecule has 0 fully saturated rings. The number of hydrogen-bond acceptors (Lipinski definition) is 3. The van der Waals surface area contributed by atoms with Gasteiger partial charge < -0.3 is 9.53 Å². The van der Waals surface area contributed by atoms with Crippen LogP contribution in [-0.4, -0.2) is 18.4 Å². The number of aliphatic hydroxyl groups excluding tert-OH is 1. The van der Waals surface area contributed by atoms with Crippen LogP contribution >= 0.6 is 0 Å². The van der Waals surface area contributed by atoms with Crippen molar-refractivity contribution in [3.63, 3.8) is 0 Å². The van der Waals surface area contributed by atoms with Crippen LogP contribution in [0.25, 0.3) is 5.57 Å². The molecule has 1 aromatic carbocycles. The van der Waals surface area contributed by atoms with E-state index in [1.807, 2.05) is 0 Å². The van der Waals surface area contributed by atoms with E-state index >= 15 is 0 Å². The Balaban J connectivity index is 1.96. The fourth-order valence-corrected chi connectivity index (χ4v) is 7.63. The van der Waals surface area contributed by atoms with E-state index in [0.29, 0.717) is 5.92 Å². The van der Waals surface area contributed by atoms with Crippen LogP contribution in [0, 0.1) is 11.3 Å². The second kappa shape index (κ2) is 11.5. The van der Waals surface area contributed by atoms with Crippen LogP contribution in [0.1, 0.15) is 145 Å². The van der Waals surface area contributed by atoms with Crippen molar-refractivity contribution in [3.05, 3.63) is 69.5 Å². The van der Waals surface area contributed by atoms with Crippen molar-refractivity contribution < 1.29 is 9.53 Å². The normalized spacial score (nSPS) is 20.1. The van der Waals surface area contributed by atoms with E-state index in [2.05, 4.69) is 106 Å². The van der Waals surface area contributed by atoms with Crippen LogP contribution < -0.4 is 0 Å². The predicted molar refractivity (Wildman–Crippen MR) is 172 cm³/mol. The maximum Gasteiger partial charge on any atom is 0.192 e. The summed E-state index contributed by atoms with van der Waals surface area (Å²) in [4.78, 5) is 5.43. The van der Waals surface area contributed by atoms with Crippen molar-refractivity contribution >= 4 is 13.9 Å². The largest absolute Gasteiger partial charge is 0.410 e. The van der Waals surface area contributed by atoms with Crippen LogP contribution in [0.5, 0.6) is 0 Å². The minimum atomic E-state index is -2.06. The van der Waals surface area contributed by atoms with Gasteiger partial charge in [0.1, 0.15) is 6.10 Å². The maximum absolute atomic E-state index is 12.2. The van der Waals surface area contributed by atoms with E-state index in [-0.39, 0.29) is 22.5 Å².